The molecule has 5 rings (SSSR count). The second kappa shape index (κ2) is 18.5. The third-order valence-corrected chi connectivity index (χ3v) is 14.9. The Morgan fingerprint density at radius 1 is 0.879 bits per heavy atom. The normalized spacial score (nSPS) is 43.0. The van der Waals surface area contributed by atoms with E-state index in [9.17, 15) is 29.7 Å². The third kappa shape index (κ3) is 9.07. The minimum absolute atomic E-state index is 0.0357. The molecule has 5 heterocycles. The van der Waals surface area contributed by atoms with Gasteiger partial charge in [-0.1, -0.05) is 55.4 Å². The van der Waals surface area contributed by atoms with Gasteiger partial charge in [-0.15, -0.1) is 0 Å². The molecule has 0 aliphatic carbocycles. The Hall–Kier alpha value is -2.13. The molecule has 13 nitrogen and oxygen atoms in total. The number of ketones is 1. The van der Waals surface area contributed by atoms with Crippen molar-refractivity contribution in [1.82, 2.24) is 0 Å². The van der Waals surface area contributed by atoms with E-state index in [1.807, 2.05) is 48.5 Å². The number of carbonyl (C=O) groups is 3. The predicted octanol–water partition coefficient (Wildman–Crippen LogP) is 7.37. The monoisotopic (exact) mass is 823 g/mol. The molecule has 0 amide bonds. The summed E-state index contributed by atoms with van der Waals surface area (Å²) in [6, 6.07) is 0. The fourth-order valence-electron chi connectivity index (χ4n) is 10.9. The smallest absolute Gasteiger partial charge is 0.481 e. The van der Waals surface area contributed by atoms with Gasteiger partial charge in [0.15, 0.2) is 11.9 Å². The van der Waals surface area contributed by atoms with Crippen LogP contribution < -0.4 is 0 Å². The van der Waals surface area contributed by atoms with Gasteiger partial charge in [0.1, 0.15) is 5.78 Å². The van der Waals surface area contributed by atoms with Crippen LogP contribution in [0.1, 0.15) is 140 Å². The zero-order valence-electron chi connectivity index (χ0n) is 36.9. The zero-order chi connectivity index (χ0) is 43.0. The van der Waals surface area contributed by atoms with Crippen molar-refractivity contribution in [2.24, 2.45) is 41.4 Å². The summed E-state index contributed by atoms with van der Waals surface area (Å²) in [5, 5.41) is 32.8. The summed E-state index contributed by atoms with van der Waals surface area (Å²) < 4.78 is 45.1. The number of hydrogen-bond donors (Lipinski definition) is 3. The van der Waals surface area contributed by atoms with Crippen molar-refractivity contribution < 1.29 is 62.9 Å². The highest BCUT2D eigenvalue weighted by Crippen LogP contribution is 2.54. The van der Waals surface area contributed by atoms with Gasteiger partial charge in [-0.25, -0.2) is 4.79 Å². The molecule has 0 radical (unpaired) electrons. The van der Waals surface area contributed by atoms with Gasteiger partial charge in [-0.2, -0.15) is 0 Å². The summed E-state index contributed by atoms with van der Waals surface area (Å²) in [5.41, 5.74) is -1.76. The second-order valence-corrected chi connectivity index (χ2v) is 18.7. The van der Waals surface area contributed by atoms with E-state index in [4.69, 9.17) is 33.2 Å². The van der Waals surface area contributed by atoms with E-state index in [0.29, 0.717) is 57.8 Å². The maximum absolute atomic E-state index is 14.6. The first-order valence-electron chi connectivity index (χ1n) is 22.3. The Labute approximate surface area is 346 Å². The van der Waals surface area contributed by atoms with Crippen molar-refractivity contribution >= 4 is 17.9 Å². The Balaban J connectivity index is 1.38. The molecule has 0 bridgehead atoms. The van der Waals surface area contributed by atoms with E-state index in [-0.39, 0.29) is 36.2 Å². The molecular weight excluding hydrogens is 748 g/mol. The first kappa shape index (κ1) is 46.9. The fourth-order valence-corrected chi connectivity index (χ4v) is 10.9. The highest BCUT2D eigenvalue weighted by molar-refractivity contribution is 5.84. The lowest BCUT2D eigenvalue weighted by molar-refractivity contribution is -0.408. The van der Waals surface area contributed by atoms with Crippen LogP contribution in [0.3, 0.4) is 0 Å². The van der Waals surface area contributed by atoms with Crippen LogP contribution in [-0.4, -0.2) is 105 Å². The topological polar surface area (TPSA) is 177 Å². The number of aliphatic hydroxyl groups excluding tert-OH is 1. The minimum atomic E-state index is -1.46. The summed E-state index contributed by atoms with van der Waals surface area (Å²) in [6.45, 7) is 21.3. The molecular formula is C45H74O13. The number of Topliss-reactive ketones (excluding diaryl/α,β-unsaturated/α-hetero) is 1. The van der Waals surface area contributed by atoms with Crippen LogP contribution in [0.2, 0.25) is 0 Å². The Morgan fingerprint density at radius 2 is 1.57 bits per heavy atom. The lowest BCUT2D eigenvalue weighted by atomic mass is 9.72. The highest BCUT2D eigenvalue weighted by atomic mass is 16.8. The van der Waals surface area contributed by atoms with Gasteiger partial charge in [0, 0.05) is 30.1 Å². The number of aliphatic carboxylic acids is 1. The molecule has 5 aliphatic heterocycles. The molecule has 3 N–H and O–H groups in total. The molecule has 0 saturated carbocycles. The quantitative estimate of drug-likeness (QED) is 0.117. The first-order chi connectivity index (χ1) is 27.2. The zero-order valence-corrected chi connectivity index (χ0v) is 36.9. The number of ether oxygens (including phenoxy) is 7. The number of carboxylic acid groups (broad SMARTS) is 1. The van der Waals surface area contributed by atoms with Crippen LogP contribution in [0.15, 0.2) is 12.2 Å². The second-order valence-electron chi connectivity index (χ2n) is 18.7. The number of aliphatic hydroxyl groups is 2. The van der Waals surface area contributed by atoms with Crippen LogP contribution in [0.4, 0.5) is 4.79 Å². The summed E-state index contributed by atoms with van der Waals surface area (Å²) in [6.07, 6.45) is 4.15. The standard InChI is InChI=1S/C45H74O13/c1-12-31(40(48)49)33-17-16-25(5)38(54-33)29(9)36(46)28(8)37(47)32(13-2)39-26(6)24-27(7)44(56-39)21-19-35(55-41(50)52-15-4)45(58-44)23-22-42(11,57-45)34-18-20-43(51,14-3)30(10)53-34/h19,21,25-36,38-39,46,51H,12-18,20,22-24H2,1-11H3,(H,48,49)/t25-,26-,27+,28-,29-,30-,31+,32-,33+,34+,35+,36+,38+,39-,42-,43+,44-,45-/m0/s1. The van der Waals surface area contributed by atoms with E-state index in [0.717, 1.165) is 6.42 Å². The van der Waals surface area contributed by atoms with Crippen molar-refractivity contribution in [2.45, 2.75) is 206 Å². The first-order valence-corrected chi connectivity index (χ1v) is 22.3. The third-order valence-electron chi connectivity index (χ3n) is 14.9. The van der Waals surface area contributed by atoms with E-state index in [1.165, 1.54) is 0 Å². The SMILES string of the molecule is CCOC(=O)O[C@@H]1C=C[C@]2(O[C@H]([C@@H](CC)C(=O)[C@@H](C)[C@@H](O)[C@H](C)[C@@H]3O[C@@H]([C@@H](CC)C(=O)O)CC[C@@H]3C)[C@@H](C)C[C@H]2C)O[C@@]12CC[C@@](C)([C@H]1CC[C@](O)(CC)[C@H](C)O1)O2. The van der Waals surface area contributed by atoms with Gasteiger partial charge in [0.25, 0.3) is 0 Å². The van der Waals surface area contributed by atoms with Gasteiger partial charge in [-0.05, 0) is 103 Å². The molecule has 332 valence electrons. The van der Waals surface area contributed by atoms with Crippen molar-refractivity contribution in [3.8, 4) is 0 Å². The summed E-state index contributed by atoms with van der Waals surface area (Å²) in [4.78, 5) is 39.4. The van der Waals surface area contributed by atoms with Crippen molar-refractivity contribution in [1.29, 1.82) is 0 Å². The van der Waals surface area contributed by atoms with Crippen molar-refractivity contribution in [2.75, 3.05) is 6.61 Å². The molecule has 2 spiro atoms. The lowest BCUT2D eigenvalue weighted by Crippen LogP contribution is -2.63. The number of hydrogen-bond acceptors (Lipinski definition) is 12. The number of carbonyl (C=O) groups excluding carboxylic acids is 2. The lowest BCUT2D eigenvalue weighted by Gasteiger charge is -2.54. The maximum atomic E-state index is 14.6. The van der Waals surface area contributed by atoms with E-state index in [2.05, 4.69) is 13.8 Å². The maximum Gasteiger partial charge on any atom is 0.509 e. The van der Waals surface area contributed by atoms with E-state index >= 15 is 0 Å². The fraction of sp³-hybridized carbons (Fsp3) is 0.889. The van der Waals surface area contributed by atoms with E-state index < -0.39 is 95.2 Å². The van der Waals surface area contributed by atoms with Crippen molar-refractivity contribution in [3.05, 3.63) is 12.2 Å². The molecule has 0 unspecified atom stereocenters. The predicted molar refractivity (Wildman–Crippen MR) is 215 cm³/mol. The Kier molecular flexibility index (Phi) is 14.9. The van der Waals surface area contributed by atoms with Gasteiger partial charge in [-0.3, -0.25) is 9.59 Å². The highest BCUT2D eigenvalue weighted by Gasteiger charge is 2.64. The number of carboxylic acids is 1. The summed E-state index contributed by atoms with van der Waals surface area (Å²) in [5.74, 6) is -6.27. The molecule has 4 fully saturated rings. The van der Waals surface area contributed by atoms with Crippen molar-refractivity contribution in [3.63, 3.8) is 0 Å². The molecule has 0 aromatic carbocycles. The Bertz CT molecular complexity index is 1470. The van der Waals surface area contributed by atoms with E-state index in [1.54, 1.807) is 26.0 Å². The van der Waals surface area contributed by atoms with Gasteiger partial charge in [0.2, 0.25) is 5.79 Å². The average molecular weight is 823 g/mol. The minimum Gasteiger partial charge on any atom is -0.481 e. The summed E-state index contributed by atoms with van der Waals surface area (Å²) in [7, 11) is 0. The van der Waals surface area contributed by atoms with Gasteiger partial charge in [0.05, 0.1) is 60.4 Å². The molecule has 0 aromatic rings. The van der Waals surface area contributed by atoms with Crippen LogP contribution in [0.25, 0.3) is 0 Å². The molecule has 5 aliphatic rings. The Morgan fingerprint density at radius 3 is 2.17 bits per heavy atom. The molecule has 18 atom stereocenters. The average Bonchev–Trinajstić information content (AvgIpc) is 3.52. The van der Waals surface area contributed by atoms with Crippen LogP contribution >= 0.6 is 0 Å². The largest absolute Gasteiger partial charge is 0.509 e. The van der Waals surface area contributed by atoms with Crippen LogP contribution in [-0.2, 0) is 42.7 Å². The van der Waals surface area contributed by atoms with Gasteiger partial charge >= 0.3 is 12.1 Å². The molecule has 4 saturated heterocycles. The summed E-state index contributed by atoms with van der Waals surface area (Å²) >= 11 is 0. The van der Waals surface area contributed by atoms with Crippen LogP contribution in [0.5, 0.6) is 0 Å². The molecule has 0 aromatic heterocycles. The van der Waals surface area contributed by atoms with Gasteiger partial charge < -0.3 is 48.5 Å². The molecule has 13 heteroatoms. The molecule has 58 heavy (non-hydrogen) atoms. The van der Waals surface area contributed by atoms with Crippen LogP contribution in [0, 0.1) is 41.4 Å². The number of rotatable bonds is 14.